The van der Waals surface area contributed by atoms with Crippen molar-refractivity contribution < 1.29 is 48.0 Å². The molecule has 1 nitrogen and oxygen atoms in total. The zero-order valence-corrected chi connectivity index (χ0v) is 20.1. The number of hydrogen-bond acceptors (Lipinski definition) is 0. The van der Waals surface area contributed by atoms with Gasteiger partial charge in [0.15, 0.2) is 0 Å². The van der Waals surface area contributed by atoms with Crippen LogP contribution >= 0.6 is 0 Å². The van der Waals surface area contributed by atoms with E-state index < -0.39 is 23.2 Å². The Morgan fingerprint density at radius 1 is 0.667 bits per heavy atom. The number of benzene rings is 3. The predicted molar refractivity (Wildman–Crippen MR) is 114 cm³/mol. The van der Waals surface area contributed by atoms with Gasteiger partial charge in [-0.25, -0.2) is 0 Å². The molecule has 2 aliphatic carbocycles. The van der Waals surface area contributed by atoms with Gasteiger partial charge in [-0.1, -0.05) is 0 Å². The van der Waals surface area contributed by atoms with Gasteiger partial charge in [0.1, 0.15) is 0 Å². The molecule has 30 heavy (non-hydrogen) atoms. The van der Waals surface area contributed by atoms with Crippen LogP contribution in [0.4, 0.5) is 0 Å². The van der Waals surface area contributed by atoms with Crippen LogP contribution in [0.5, 0.6) is 0 Å². The van der Waals surface area contributed by atoms with E-state index in [1.54, 1.807) is 0 Å². The summed E-state index contributed by atoms with van der Waals surface area (Å²) < 4.78 is 3.60. The summed E-state index contributed by atoms with van der Waals surface area (Å²) in [5, 5.41) is 2.63. The summed E-state index contributed by atoms with van der Waals surface area (Å²) in [6.07, 6.45) is 11.8. The van der Waals surface area contributed by atoms with Gasteiger partial charge < -0.3 is 24.8 Å². The maximum atomic E-state index is 2.46. The van der Waals surface area contributed by atoms with Crippen molar-refractivity contribution in [2.45, 2.75) is 7.25 Å². The molecular formula is C26H19Cl2NZr. The first-order valence-electron chi connectivity index (χ1n) is 9.78. The van der Waals surface area contributed by atoms with Crippen molar-refractivity contribution in [1.82, 2.24) is 4.57 Å². The molecule has 2 atom stereocenters. The molecule has 6 rings (SSSR count). The molecule has 0 saturated heterocycles. The molecule has 4 heteroatoms. The van der Waals surface area contributed by atoms with Gasteiger partial charge in [-0.2, -0.15) is 0 Å². The van der Waals surface area contributed by atoms with Crippen molar-refractivity contribution in [3.05, 3.63) is 114 Å². The van der Waals surface area contributed by atoms with E-state index in [0.29, 0.717) is 7.25 Å². The van der Waals surface area contributed by atoms with Crippen LogP contribution in [0.3, 0.4) is 0 Å². The van der Waals surface area contributed by atoms with Crippen LogP contribution in [0, 0.1) is 0 Å². The van der Waals surface area contributed by atoms with Crippen LogP contribution in [-0.2, 0) is 23.2 Å². The van der Waals surface area contributed by atoms with Gasteiger partial charge in [0.2, 0.25) is 0 Å². The van der Waals surface area contributed by atoms with Gasteiger partial charge in [-0.05, 0) is 0 Å². The van der Waals surface area contributed by atoms with Crippen LogP contribution in [0.25, 0.3) is 28.6 Å². The van der Waals surface area contributed by atoms with Gasteiger partial charge in [-0.15, -0.1) is 0 Å². The van der Waals surface area contributed by atoms with Crippen LogP contribution in [0.15, 0.2) is 91.3 Å². The number of fused-ring (bicyclic) bond motifs is 3. The Morgan fingerprint density at radius 2 is 1.27 bits per heavy atom. The number of allylic oxidation sites excluding steroid dienone is 2. The van der Waals surface area contributed by atoms with Gasteiger partial charge in [0, 0.05) is 0 Å². The molecule has 0 N–H and O–H groups in total. The predicted octanol–water partition coefficient (Wildman–Crippen LogP) is 0.553. The summed E-state index contributed by atoms with van der Waals surface area (Å²) in [5.41, 5.74) is 7.34. The van der Waals surface area contributed by atoms with Crippen molar-refractivity contribution >= 4 is 28.6 Å². The second-order valence-corrected chi connectivity index (χ2v) is 11.3. The van der Waals surface area contributed by atoms with Crippen molar-refractivity contribution in [2.75, 3.05) is 0 Å². The van der Waals surface area contributed by atoms with E-state index in [4.69, 9.17) is 0 Å². The molecule has 2 aliphatic rings. The number of hydrogen-bond donors (Lipinski definition) is 0. The second-order valence-electron chi connectivity index (χ2n) is 7.56. The van der Waals surface area contributed by atoms with E-state index >= 15 is 0 Å². The fraction of sp³-hybridized carbons (Fsp3) is 0.0769. The Kier molecular flexibility index (Phi) is 6.21. The van der Waals surface area contributed by atoms with Gasteiger partial charge in [-0.3, -0.25) is 0 Å². The maximum absolute atomic E-state index is 2.46. The molecule has 0 fully saturated rings. The van der Waals surface area contributed by atoms with E-state index in [-0.39, 0.29) is 24.8 Å². The Labute approximate surface area is 200 Å². The molecule has 2 unspecified atom stereocenters. The van der Waals surface area contributed by atoms with E-state index in [9.17, 15) is 0 Å². The van der Waals surface area contributed by atoms with E-state index in [2.05, 4.69) is 108 Å². The molecule has 0 bridgehead atoms. The molecule has 146 valence electrons. The minimum absolute atomic E-state index is 0. The fourth-order valence-electron chi connectivity index (χ4n) is 4.51. The van der Waals surface area contributed by atoms with Gasteiger partial charge in [0.05, 0.1) is 0 Å². The molecular weight excluding hydrogens is 488 g/mol. The quantitative estimate of drug-likeness (QED) is 0.382. The van der Waals surface area contributed by atoms with Crippen LogP contribution < -0.4 is 24.8 Å². The van der Waals surface area contributed by atoms with E-state index in [0.717, 1.165) is 0 Å². The first kappa shape index (κ1) is 21.4. The van der Waals surface area contributed by atoms with Gasteiger partial charge in [0.25, 0.3) is 0 Å². The van der Waals surface area contributed by atoms with E-state index in [1.165, 1.54) is 38.7 Å². The first-order chi connectivity index (χ1) is 13.9. The molecule has 0 amide bonds. The molecule has 0 radical (unpaired) electrons. The number of nitrogens with zero attached hydrogens (tertiary/aromatic N) is 1. The fourth-order valence-corrected chi connectivity index (χ4v) is 9.07. The average Bonchev–Trinajstić information content (AvgIpc) is 3.44. The Bertz CT molecular complexity index is 1240. The van der Waals surface area contributed by atoms with Gasteiger partial charge >= 0.3 is 177 Å². The Hall–Kier alpha value is -1.86. The Morgan fingerprint density at radius 3 is 2.00 bits per heavy atom. The monoisotopic (exact) mass is 505 g/mol. The van der Waals surface area contributed by atoms with Crippen LogP contribution in [-0.4, -0.2) is 4.57 Å². The van der Waals surface area contributed by atoms with Crippen molar-refractivity contribution in [2.24, 2.45) is 0 Å². The van der Waals surface area contributed by atoms with Crippen molar-refractivity contribution in [3.63, 3.8) is 0 Å². The topological polar surface area (TPSA) is 4.93 Å². The molecule has 1 heterocycles. The number of aromatic nitrogens is 1. The third-order valence-electron chi connectivity index (χ3n) is 5.90. The molecule has 0 aliphatic heterocycles. The standard InChI is InChI=1S/C17H12N.C9H7.2ClH.Zr/c1-2-6-14-10-17(9-13(14)5-1)18-11-15-7-3-4-8-16(15)12-18;1-2-5-9-7-3-6-8(9)4-1;;;/h1-12H;1-7H;2*1H;/q;;;;+2/p-2. The molecule has 1 aromatic heterocycles. The minimum atomic E-state index is -0.805. The summed E-state index contributed by atoms with van der Waals surface area (Å²) >= 11 is -0.805. The third-order valence-corrected chi connectivity index (χ3v) is 10.3. The smallest absolute Gasteiger partial charge is 1.00 e. The minimum Gasteiger partial charge on any atom is -1.00 e. The maximum Gasteiger partial charge on any atom is -1.00 e. The zero-order valence-electron chi connectivity index (χ0n) is 16.2. The Balaban J connectivity index is 0.00000109. The first-order valence-corrected chi connectivity index (χ1v) is 12.6. The average molecular weight is 508 g/mol. The molecule has 3 aromatic carbocycles. The zero-order chi connectivity index (χ0) is 18.5. The SMILES string of the molecule is C1=C[CH]([Zr+2][CH]2C(n3cc4ccccc4c3)=Cc3ccccc32)c2ccccc21.[Cl-].[Cl-]. The number of halogens is 2. The van der Waals surface area contributed by atoms with Crippen molar-refractivity contribution in [1.29, 1.82) is 0 Å². The second kappa shape index (κ2) is 8.71. The summed E-state index contributed by atoms with van der Waals surface area (Å²) in [5.74, 6) is 0. The van der Waals surface area contributed by atoms with Crippen LogP contribution in [0.1, 0.15) is 29.5 Å². The normalized spacial score (nSPS) is 18.1. The summed E-state index contributed by atoms with van der Waals surface area (Å²) in [6, 6.07) is 26.6. The summed E-state index contributed by atoms with van der Waals surface area (Å²) in [6.45, 7) is 0. The largest absolute Gasteiger partial charge is 1.00 e. The molecule has 0 spiro atoms. The molecule has 4 aromatic rings. The molecule has 0 saturated carbocycles. The third kappa shape index (κ3) is 3.56. The van der Waals surface area contributed by atoms with E-state index in [1.807, 2.05) is 0 Å². The number of rotatable bonds is 3. The summed E-state index contributed by atoms with van der Waals surface area (Å²) in [4.78, 5) is 0. The van der Waals surface area contributed by atoms with Crippen molar-refractivity contribution in [3.8, 4) is 0 Å². The van der Waals surface area contributed by atoms with Crippen LogP contribution in [0.2, 0.25) is 0 Å². The summed E-state index contributed by atoms with van der Waals surface area (Å²) in [7, 11) is 0.